The first kappa shape index (κ1) is 27.0. The second kappa shape index (κ2) is 9.87. The van der Waals surface area contributed by atoms with Crippen LogP contribution in [0.15, 0.2) is 30.7 Å². The molecule has 39 heavy (non-hydrogen) atoms. The molecule has 2 aliphatic heterocycles. The van der Waals surface area contributed by atoms with Gasteiger partial charge in [0.2, 0.25) is 17.7 Å². The summed E-state index contributed by atoms with van der Waals surface area (Å²) in [7, 11) is 0. The molecular weight excluding hydrogens is 496 g/mol. The Morgan fingerprint density at radius 2 is 1.97 bits per heavy atom. The molecule has 10 nitrogen and oxygen atoms in total. The molecule has 10 heteroatoms. The zero-order chi connectivity index (χ0) is 28.1. The summed E-state index contributed by atoms with van der Waals surface area (Å²) >= 11 is 0. The van der Waals surface area contributed by atoms with E-state index >= 15 is 0 Å². The number of rotatable bonds is 7. The summed E-state index contributed by atoms with van der Waals surface area (Å²) in [6, 6.07) is 3.30. The van der Waals surface area contributed by atoms with E-state index in [4.69, 9.17) is 4.74 Å². The fraction of sp³-hybridized carbons (Fsp3) is 0.586. The molecule has 4 heterocycles. The number of aromatic nitrogens is 2. The van der Waals surface area contributed by atoms with Crippen molar-refractivity contribution in [1.29, 1.82) is 5.26 Å². The fourth-order valence-electron chi connectivity index (χ4n) is 6.15. The molecule has 5 rings (SSSR count). The van der Waals surface area contributed by atoms with E-state index in [1.54, 1.807) is 29.6 Å². The Bertz CT molecular complexity index is 1340. The van der Waals surface area contributed by atoms with Gasteiger partial charge in [0.25, 0.3) is 0 Å². The van der Waals surface area contributed by atoms with Crippen LogP contribution in [0.3, 0.4) is 0 Å². The van der Waals surface area contributed by atoms with Gasteiger partial charge < -0.3 is 20.3 Å². The first-order valence-electron chi connectivity index (χ1n) is 13.5. The number of carbonyl (C=O) groups excluding carboxylic acids is 3. The number of fused-ring (bicyclic) bond motifs is 2. The number of pyridine rings is 2. The maximum Gasteiger partial charge on any atom is 0.246 e. The third-order valence-electron chi connectivity index (χ3n) is 8.63. The van der Waals surface area contributed by atoms with Crippen molar-refractivity contribution < 1.29 is 19.1 Å². The Kier molecular flexibility index (Phi) is 6.83. The predicted molar refractivity (Wildman–Crippen MR) is 143 cm³/mol. The van der Waals surface area contributed by atoms with E-state index in [0.29, 0.717) is 37.3 Å². The number of ether oxygens (including phenoxy) is 1. The Labute approximate surface area is 228 Å². The summed E-state index contributed by atoms with van der Waals surface area (Å²) in [5.41, 5.74) is 0.428. The largest absolute Gasteiger partial charge is 0.381 e. The third-order valence-corrected chi connectivity index (χ3v) is 8.63. The SMILES string of the molecule is CC(C)(C)[C@H](NC(=O)CC1COC1)C(=O)N1C[C@H]2[C@@H]([C@H]1C(=O)N[C@H](C#N)c1cncc3cccnc13)C2(C)C. The predicted octanol–water partition coefficient (Wildman–Crippen LogP) is 2.36. The highest BCUT2D eigenvalue weighted by Gasteiger charge is 2.69. The van der Waals surface area contributed by atoms with Crippen molar-refractivity contribution in [3.05, 3.63) is 36.3 Å². The molecule has 5 atom stereocenters. The lowest BCUT2D eigenvalue weighted by Gasteiger charge is -2.38. The average molecular weight is 533 g/mol. The van der Waals surface area contributed by atoms with Crippen LogP contribution in [0.1, 0.15) is 52.6 Å². The van der Waals surface area contributed by atoms with Gasteiger partial charge in [0, 0.05) is 48.4 Å². The van der Waals surface area contributed by atoms with E-state index in [1.807, 2.05) is 26.8 Å². The normalized spacial score (nSPS) is 25.1. The van der Waals surface area contributed by atoms with Crippen LogP contribution in [0.2, 0.25) is 0 Å². The minimum absolute atomic E-state index is 0.0343. The Balaban J connectivity index is 1.38. The molecule has 2 N–H and O–H groups in total. The fourth-order valence-corrected chi connectivity index (χ4v) is 6.15. The van der Waals surface area contributed by atoms with Crippen molar-refractivity contribution in [2.75, 3.05) is 19.8 Å². The summed E-state index contributed by atoms with van der Waals surface area (Å²) < 4.78 is 5.18. The maximum atomic E-state index is 14.0. The number of carbonyl (C=O) groups is 3. The van der Waals surface area contributed by atoms with Crippen LogP contribution >= 0.6 is 0 Å². The van der Waals surface area contributed by atoms with Gasteiger partial charge in [-0.05, 0) is 34.8 Å². The molecule has 2 aromatic rings. The molecule has 0 bridgehead atoms. The zero-order valence-corrected chi connectivity index (χ0v) is 23.1. The lowest BCUT2D eigenvalue weighted by Crippen LogP contribution is -2.59. The molecule has 0 unspecified atom stereocenters. The van der Waals surface area contributed by atoms with Gasteiger partial charge in [0.1, 0.15) is 18.1 Å². The monoisotopic (exact) mass is 532 g/mol. The molecule has 0 spiro atoms. The number of hydrogen-bond donors (Lipinski definition) is 2. The molecule has 3 fully saturated rings. The van der Waals surface area contributed by atoms with Crippen LogP contribution in [0.4, 0.5) is 0 Å². The summed E-state index contributed by atoms with van der Waals surface area (Å²) in [6.45, 7) is 11.5. The average Bonchev–Trinajstić information content (AvgIpc) is 3.19. The van der Waals surface area contributed by atoms with Crippen molar-refractivity contribution in [2.24, 2.45) is 28.6 Å². The standard InChI is InChI=1S/C29H36N6O4/c1-28(2,3)25(34-21(36)9-16-14-39-15-16)27(38)35-13-19-22(29(19,4)5)24(35)26(37)33-20(10-30)18-12-31-11-17-7-6-8-32-23(17)18/h6-8,11-12,16,19-20,22,24-25H,9,13-15H2,1-5H3,(H,33,37)(H,34,36)/t19-,20+,22-,24-,25+/m0/s1. The highest BCUT2D eigenvalue weighted by atomic mass is 16.5. The molecule has 0 aromatic carbocycles. The van der Waals surface area contributed by atoms with Crippen LogP contribution in [-0.4, -0.2) is 64.4 Å². The minimum atomic E-state index is -0.982. The van der Waals surface area contributed by atoms with E-state index in [0.717, 1.165) is 5.39 Å². The number of nitrogens with zero attached hydrogens (tertiary/aromatic N) is 4. The van der Waals surface area contributed by atoms with Crippen molar-refractivity contribution in [1.82, 2.24) is 25.5 Å². The van der Waals surface area contributed by atoms with E-state index in [-0.39, 0.29) is 40.9 Å². The second-order valence-corrected chi connectivity index (χ2v) is 12.7. The first-order chi connectivity index (χ1) is 18.4. The molecule has 1 saturated carbocycles. The lowest BCUT2D eigenvalue weighted by molar-refractivity contribution is -0.146. The quantitative estimate of drug-likeness (QED) is 0.558. The summed E-state index contributed by atoms with van der Waals surface area (Å²) in [5, 5.41) is 16.6. The molecule has 0 radical (unpaired) electrons. The maximum absolute atomic E-state index is 14.0. The second-order valence-electron chi connectivity index (χ2n) is 12.7. The number of likely N-dealkylation sites (tertiary alicyclic amines) is 1. The molecular formula is C29H36N6O4. The molecule has 2 aromatic heterocycles. The number of piperidine rings is 1. The van der Waals surface area contributed by atoms with Crippen molar-refractivity contribution in [3.63, 3.8) is 0 Å². The van der Waals surface area contributed by atoms with Crippen LogP contribution < -0.4 is 10.6 Å². The summed E-state index contributed by atoms with van der Waals surface area (Å²) in [4.78, 5) is 50.9. The van der Waals surface area contributed by atoms with Gasteiger partial charge >= 0.3 is 0 Å². The molecule has 3 amide bonds. The molecule has 206 valence electrons. The van der Waals surface area contributed by atoms with Gasteiger partial charge in [-0.25, -0.2) is 0 Å². The van der Waals surface area contributed by atoms with E-state index in [1.165, 1.54) is 0 Å². The van der Waals surface area contributed by atoms with Gasteiger partial charge in [0.15, 0.2) is 0 Å². The third kappa shape index (κ3) is 4.96. The number of amides is 3. The molecule has 3 aliphatic rings. The summed E-state index contributed by atoms with van der Waals surface area (Å²) in [5.74, 6) is -0.546. The Morgan fingerprint density at radius 1 is 1.23 bits per heavy atom. The van der Waals surface area contributed by atoms with Gasteiger partial charge in [-0.3, -0.25) is 24.4 Å². The van der Waals surface area contributed by atoms with Crippen LogP contribution in [0.5, 0.6) is 0 Å². The van der Waals surface area contributed by atoms with Crippen LogP contribution in [0, 0.1) is 39.9 Å². The smallest absolute Gasteiger partial charge is 0.246 e. The van der Waals surface area contributed by atoms with E-state index < -0.39 is 23.5 Å². The summed E-state index contributed by atoms with van der Waals surface area (Å²) in [6.07, 6.45) is 5.15. The molecule has 1 aliphatic carbocycles. The number of nitrogens with one attached hydrogen (secondary N) is 2. The van der Waals surface area contributed by atoms with E-state index in [2.05, 4.69) is 40.5 Å². The van der Waals surface area contributed by atoms with Gasteiger partial charge in [-0.15, -0.1) is 0 Å². The van der Waals surface area contributed by atoms with Gasteiger partial charge in [0.05, 0.1) is 24.8 Å². The Hall–Kier alpha value is -3.58. The Morgan fingerprint density at radius 3 is 2.62 bits per heavy atom. The van der Waals surface area contributed by atoms with Crippen molar-refractivity contribution in [2.45, 2.75) is 59.2 Å². The first-order valence-corrected chi connectivity index (χ1v) is 13.5. The number of hydrogen-bond acceptors (Lipinski definition) is 7. The minimum Gasteiger partial charge on any atom is -0.381 e. The van der Waals surface area contributed by atoms with Gasteiger partial charge in [-0.1, -0.05) is 34.6 Å². The van der Waals surface area contributed by atoms with Crippen LogP contribution in [-0.2, 0) is 19.1 Å². The van der Waals surface area contributed by atoms with E-state index in [9.17, 15) is 19.6 Å². The van der Waals surface area contributed by atoms with Gasteiger partial charge in [-0.2, -0.15) is 5.26 Å². The lowest BCUT2D eigenvalue weighted by atomic mass is 9.84. The highest BCUT2D eigenvalue weighted by molar-refractivity contribution is 5.94. The van der Waals surface area contributed by atoms with Crippen molar-refractivity contribution >= 4 is 28.6 Å². The zero-order valence-electron chi connectivity index (χ0n) is 23.1. The molecule has 2 saturated heterocycles. The number of nitriles is 1. The highest BCUT2D eigenvalue weighted by Crippen LogP contribution is 2.65. The van der Waals surface area contributed by atoms with Crippen molar-refractivity contribution in [3.8, 4) is 6.07 Å². The topological polar surface area (TPSA) is 137 Å². The van der Waals surface area contributed by atoms with Crippen LogP contribution in [0.25, 0.3) is 10.9 Å².